The third-order valence-electron chi connectivity index (χ3n) is 5.20. The number of nitro groups is 1. The highest BCUT2D eigenvalue weighted by atomic mass is 16.6. The number of morpholine rings is 1. The number of anilines is 1. The molecule has 1 aromatic rings. The molecule has 3 aliphatic rings. The monoisotopic (exact) mass is 332 g/mol. The van der Waals surface area contributed by atoms with E-state index in [0.717, 1.165) is 44.0 Å². The van der Waals surface area contributed by atoms with E-state index in [9.17, 15) is 14.9 Å². The molecule has 0 bridgehead atoms. The second-order valence-corrected chi connectivity index (χ2v) is 6.59. The standard InChI is InChI=1S/C16H20N4O4/c1-17-9-12-13(2-3-14(20(22)23)15(12)16(17)21)19-5-4-18-6-7-24-10-11(18)8-19/h2-3,11H,4-10H2,1H3. The summed E-state index contributed by atoms with van der Waals surface area (Å²) in [6.45, 7) is 5.50. The van der Waals surface area contributed by atoms with E-state index in [4.69, 9.17) is 4.74 Å². The molecule has 3 aliphatic heterocycles. The number of fused-ring (bicyclic) bond motifs is 2. The van der Waals surface area contributed by atoms with Gasteiger partial charge in [-0.3, -0.25) is 19.8 Å². The van der Waals surface area contributed by atoms with Crippen LogP contribution in [0.1, 0.15) is 15.9 Å². The molecule has 0 aliphatic carbocycles. The van der Waals surface area contributed by atoms with Crippen LogP contribution in [0.25, 0.3) is 0 Å². The van der Waals surface area contributed by atoms with Crippen LogP contribution in [0.15, 0.2) is 12.1 Å². The Hall–Kier alpha value is -2.19. The summed E-state index contributed by atoms with van der Waals surface area (Å²) in [6.07, 6.45) is 0. The van der Waals surface area contributed by atoms with E-state index >= 15 is 0 Å². The van der Waals surface area contributed by atoms with Crippen LogP contribution in [0.2, 0.25) is 0 Å². The third kappa shape index (κ3) is 2.33. The van der Waals surface area contributed by atoms with E-state index < -0.39 is 4.92 Å². The van der Waals surface area contributed by atoms with Gasteiger partial charge in [-0.1, -0.05) is 0 Å². The van der Waals surface area contributed by atoms with E-state index in [0.29, 0.717) is 19.2 Å². The average molecular weight is 332 g/mol. The van der Waals surface area contributed by atoms with Crippen LogP contribution in [-0.2, 0) is 11.3 Å². The van der Waals surface area contributed by atoms with Gasteiger partial charge in [0.25, 0.3) is 11.6 Å². The Labute approximate surface area is 139 Å². The van der Waals surface area contributed by atoms with Crippen LogP contribution in [-0.4, -0.2) is 73.1 Å². The molecule has 0 N–H and O–H groups in total. The molecule has 0 radical (unpaired) electrons. The van der Waals surface area contributed by atoms with Crippen LogP contribution in [0, 0.1) is 10.1 Å². The molecule has 0 aromatic heterocycles. The van der Waals surface area contributed by atoms with Crippen molar-refractivity contribution >= 4 is 17.3 Å². The number of nitro benzene ring substituents is 1. The van der Waals surface area contributed by atoms with E-state index in [-0.39, 0.29) is 17.2 Å². The average Bonchev–Trinajstić information content (AvgIpc) is 2.89. The fraction of sp³-hybridized carbons (Fsp3) is 0.562. The first-order valence-electron chi connectivity index (χ1n) is 8.18. The number of rotatable bonds is 2. The van der Waals surface area contributed by atoms with Crippen molar-refractivity contribution in [2.24, 2.45) is 0 Å². The van der Waals surface area contributed by atoms with Crippen molar-refractivity contribution in [1.29, 1.82) is 0 Å². The van der Waals surface area contributed by atoms with Gasteiger partial charge in [0, 0.05) is 57.1 Å². The SMILES string of the molecule is CN1Cc2c(N3CCN4CCOCC4C3)ccc([N+](=O)[O-])c2C1=O. The molecule has 1 amide bonds. The summed E-state index contributed by atoms with van der Waals surface area (Å²) in [5.41, 5.74) is 1.88. The number of carbonyl (C=O) groups excluding carboxylic acids is 1. The quantitative estimate of drug-likeness (QED) is 0.586. The molecule has 0 spiro atoms. The fourth-order valence-electron chi connectivity index (χ4n) is 3.94. The third-order valence-corrected chi connectivity index (χ3v) is 5.20. The highest BCUT2D eigenvalue weighted by Crippen LogP contribution is 2.37. The number of hydrogen-bond acceptors (Lipinski definition) is 6. The van der Waals surface area contributed by atoms with Gasteiger partial charge < -0.3 is 14.5 Å². The minimum absolute atomic E-state index is 0.0947. The lowest BCUT2D eigenvalue weighted by Gasteiger charge is -2.45. The van der Waals surface area contributed by atoms with Gasteiger partial charge in [0.15, 0.2) is 0 Å². The van der Waals surface area contributed by atoms with Gasteiger partial charge in [-0.2, -0.15) is 0 Å². The summed E-state index contributed by atoms with van der Waals surface area (Å²) < 4.78 is 5.58. The van der Waals surface area contributed by atoms with Crippen molar-refractivity contribution in [1.82, 2.24) is 9.80 Å². The zero-order valence-electron chi connectivity index (χ0n) is 13.6. The van der Waals surface area contributed by atoms with E-state index in [1.807, 2.05) is 0 Å². The van der Waals surface area contributed by atoms with Gasteiger partial charge in [-0.25, -0.2) is 0 Å². The molecule has 4 rings (SSSR count). The second-order valence-electron chi connectivity index (χ2n) is 6.59. The van der Waals surface area contributed by atoms with Crippen LogP contribution >= 0.6 is 0 Å². The van der Waals surface area contributed by atoms with E-state index in [2.05, 4.69) is 9.80 Å². The number of nitrogens with zero attached hydrogens (tertiary/aromatic N) is 4. The predicted molar refractivity (Wildman–Crippen MR) is 87.3 cm³/mol. The summed E-state index contributed by atoms with van der Waals surface area (Å²) in [5, 5.41) is 11.3. The first-order valence-corrected chi connectivity index (χ1v) is 8.18. The number of benzene rings is 1. The summed E-state index contributed by atoms with van der Waals surface area (Å²) in [4.78, 5) is 29.4. The Bertz CT molecular complexity index is 708. The highest BCUT2D eigenvalue weighted by molar-refractivity contribution is 6.03. The molecule has 1 aromatic carbocycles. The zero-order chi connectivity index (χ0) is 16.8. The van der Waals surface area contributed by atoms with E-state index in [1.54, 1.807) is 18.0 Å². The molecule has 1 atom stereocenters. The first kappa shape index (κ1) is 15.3. The van der Waals surface area contributed by atoms with Crippen molar-refractivity contribution in [2.45, 2.75) is 12.6 Å². The number of carbonyl (C=O) groups is 1. The lowest BCUT2D eigenvalue weighted by molar-refractivity contribution is -0.385. The normalized spacial score (nSPS) is 24.0. The van der Waals surface area contributed by atoms with Crippen LogP contribution in [0.5, 0.6) is 0 Å². The predicted octanol–water partition coefficient (Wildman–Crippen LogP) is 0.701. The van der Waals surface area contributed by atoms with Crippen LogP contribution < -0.4 is 4.90 Å². The molecule has 1 unspecified atom stereocenters. The Balaban J connectivity index is 1.70. The maximum atomic E-state index is 12.4. The molecule has 2 saturated heterocycles. The highest BCUT2D eigenvalue weighted by Gasteiger charge is 2.37. The van der Waals surface area contributed by atoms with Crippen molar-refractivity contribution in [3.8, 4) is 0 Å². The zero-order valence-corrected chi connectivity index (χ0v) is 13.6. The smallest absolute Gasteiger partial charge is 0.282 e. The van der Waals surface area contributed by atoms with Gasteiger partial charge in [0.05, 0.1) is 24.2 Å². The Kier molecular flexibility index (Phi) is 3.65. The number of ether oxygens (including phenoxy) is 1. The largest absolute Gasteiger partial charge is 0.378 e. The van der Waals surface area contributed by atoms with Crippen LogP contribution in [0.3, 0.4) is 0 Å². The topological polar surface area (TPSA) is 79.2 Å². The van der Waals surface area contributed by atoms with Gasteiger partial charge >= 0.3 is 0 Å². The molecular weight excluding hydrogens is 312 g/mol. The molecule has 24 heavy (non-hydrogen) atoms. The summed E-state index contributed by atoms with van der Waals surface area (Å²) in [7, 11) is 1.68. The minimum atomic E-state index is -0.466. The molecule has 0 saturated carbocycles. The number of hydrogen-bond donors (Lipinski definition) is 0. The Morgan fingerprint density at radius 2 is 2.12 bits per heavy atom. The molecule has 2 fully saturated rings. The van der Waals surface area contributed by atoms with Crippen LogP contribution in [0.4, 0.5) is 11.4 Å². The lowest BCUT2D eigenvalue weighted by Crippen LogP contribution is -2.58. The molecule has 128 valence electrons. The van der Waals surface area contributed by atoms with Crippen molar-refractivity contribution in [3.05, 3.63) is 33.4 Å². The minimum Gasteiger partial charge on any atom is -0.378 e. The molecule has 8 heteroatoms. The fourth-order valence-corrected chi connectivity index (χ4v) is 3.94. The maximum absolute atomic E-state index is 12.4. The first-order chi connectivity index (χ1) is 11.6. The van der Waals surface area contributed by atoms with Crippen molar-refractivity contribution < 1.29 is 14.5 Å². The van der Waals surface area contributed by atoms with Crippen molar-refractivity contribution in [2.75, 3.05) is 51.3 Å². The van der Waals surface area contributed by atoms with Gasteiger partial charge in [-0.05, 0) is 6.07 Å². The molecule has 3 heterocycles. The van der Waals surface area contributed by atoms with Gasteiger partial charge in [-0.15, -0.1) is 0 Å². The summed E-state index contributed by atoms with van der Waals surface area (Å²) in [6, 6.07) is 3.60. The Morgan fingerprint density at radius 3 is 2.92 bits per heavy atom. The van der Waals surface area contributed by atoms with E-state index in [1.165, 1.54) is 6.07 Å². The number of piperazine rings is 1. The van der Waals surface area contributed by atoms with Gasteiger partial charge in [0.2, 0.25) is 0 Å². The Morgan fingerprint density at radius 1 is 1.29 bits per heavy atom. The summed E-state index contributed by atoms with van der Waals surface area (Å²) >= 11 is 0. The lowest BCUT2D eigenvalue weighted by atomic mass is 10.0. The molecule has 8 nitrogen and oxygen atoms in total. The number of amides is 1. The second kappa shape index (κ2) is 5.71. The summed E-state index contributed by atoms with van der Waals surface area (Å²) in [5.74, 6) is -0.266. The van der Waals surface area contributed by atoms with Crippen molar-refractivity contribution in [3.63, 3.8) is 0 Å². The van der Waals surface area contributed by atoms with Gasteiger partial charge in [0.1, 0.15) is 5.56 Å². The maximum Gasteiger partial charge on any atom is 0.282 e. The molecular formula is C16H20N4O4.